The largest absolute Gasteiger partial charge is 0.483 e. The molecule has 0 radical (unpaired) electrons. The van der Waals surface area contributed by atoms with Crippen molar-refractivity contribution in [2.24, 2.45) is 0 Å². The summed E-state index contributed by atoms with van der Waals surface area (Å²) >= 11 is 9.03. The number of carbonyl (C=O) groups excluding carboxylic acids is 1. The zero-order valence-electron chi connectivity index (χ0n) is 19.0. The van der Waals surface area contributed by atoms with Crippen LogP contribution in [0.25, 0.3) is 10.2 Å². The molecule has 0 aliphatic carbocycles. The summed E-state index contributed by atoms with van der Waals surface area (Å²) in [5, 5.41) is 13.4. The van der Waals surface area contributed by atoms with Gasteiger partial charge in [-0.25, -0.2) is 4.98 Å². The summed E-state index contributed by atoms with van der Waals surface area (Å²) in [6.07, 6.45) is 1.40. The number of nitrogens with zero attached hydrogens (tertiary/aromatic N) is 4. The summed E-state index contributed by atoms with van der Waals surface area (Å²) in [5.41, 5.74) is 2.77. The number of rotatable bonds is 9. The van der Waals surface area contributed by atoms with Gasteiger partial charge in [0.1, 0.15) is 5.75 Å². The fraction of sp³-hybridized carbons (Fsp3) is 0.250. The van der Waals surface area contributed by atoms with E-state index in [1.165, 1.54) is 23.1 Å². The van der Waals surface area contributed by atoms with Gasteiger partial charge in [-0.15, -0.1) is 16.8 Å². The first kappa shape index (κ1) is 24.3. The van der Waals surface area contributed by atoms with Crippen LogP contribution in [-0.2, 0) is 11.3 Å². The topological polar surface area (TPSA) is 81.9 Å². The number of anilines is 1. The molecule has 10 heteroatoms. The Morgan fingerprint density at radius 1 is 1.29 bits per heavy atom. The molecule has 0 bridgehead atoms. The molecule has 2 aromatic carbocycles. The molecule has 0 aliphatic rings. The summed E-state index contributed by atoms with van der Waals surface area (Å²) in [6.45, 7) is 10.1. The Morgan fingerprint density at radius 3 is 2.74 bits per heavy atom. The summed E-state index contributed by atoms with van der Waals surface area (Å²) in [4.78, 5) is 17.0. The van der Waals surface area contributed by atoms with E-state index in [-0.39, 0.29) is 17.8 Å². The fourth-order valence-electron chi connectivity index (χ4n) is 3.45. The molecule has 1 unspecified atom stereocenters. The number of amides is 1. The Hall–Kier alpha value is -2.88. The van der Waals surface area contributed by atoms with Crippen LogP contribution in [0, 0.1) is 13.8 Å². The van der Waals surface area contributed by atoms with Crippen LogP contribution in [0.15, 0.2) is 54.2 Å². The Labute approximate surface area is 211 Å². The minimum absolute atomic E-state index is 0.157. The van der Waals surface area contributed by atoms with Gasteiger partial charge in [0.2, 0.25) is 5.91 Å². The number of hydrogen-bond donors (Lipinski definition) is 1. The SMILES string of the molecule is C=CCn1c(SCC(=O)Nc2nc3ccccc3s2)nnc1C(C)Oc1cc(C)c(Cl)c(C)c1. The van der Waals surface area contributed by atoms with E-state index in [0.717, 1.165) is 26.4 Å². The molecular formula is C24H24ClN5O2S2. The van der Waals surface area contributed by atoms with Gasteiger partial charge in [0.05, 0.1) is 16.0 Å². The van der Waals surface area contributed by atoms with Gasteiger partial charge in [-0.1, -0.05) is 52.9 Å². The van der Waals surface area contributed by atoms with Crippen LogP contribution in [-0.4, -0.2) is 31.4 Å². The zero-order valence-corrected chi connectivity index (χ0v) is 21.4. The maximum atomic E-state index is 12.5. The van der Waals surface area contributed by atoms with E-state index in [0.29, 0.717) is 28.4 Å². The van der Waals surface area contributed by atoms with Crippen molar-refractivity contribution in [2.75, 3.05) is 11.1 Å². The van der Waals surface area contributed by atoms with Crippen molar-refractivity contribution >= 4 is 56.0 Å². The molecular weight excluding hydrogens is 490 g/mol. The molecule has 0 saturated heterocycles. The van der Waals surface area contributed by atoms with Crippen molar-refractivity contribution in [1.82, 2.24) is 19.7 Å². The first-order valence-corrected chi connectivity index (χ1v) is 12.8. The summed E-state index contributed by atoms with van der Waals surface area (Å²) in [6, 6.07) is 11.6. The third-order valence-electron chi connectivity index (χ3n) is 5.02. The number of nitrogens with one attached hydrogen (secondary N) is 1. The number of aryl methyl sites for hydroxylation is 2. The van der Waals surface area contributed by atoms with Crippen molar-refractivity contribution in [3.63, 3.8) is 0 Å². The first-order chi connectivity index (χ1) is 16.4. The van der Waals surface area contributed by atoms with Gasteiger partial charge >= 0.3 is 0 Å². The number of para-hydroxylation sites is 1. The molecule has 1 N–H and O–H groups in total. The average Bonchev–Trinajstić information content (AvgIpc) is 3.39. The van der Waals surface area contributed by atoms with E-state index in [9.17, 15) is 4.79 Å². The molecule has 1 atom stereocenters. The Morgan fingerprint density at radius 2 is 2.03 bits per heavy atom. The lowest BCUT2D eigenvalue weighted by atomic mass is 10.1. The van der Waals surface area contributed by atoms with Gasteiger partial charge in [-0.3, -0.25) is 9.36 Å². The lowest BCUT2D eigenvalue weighted by Crippen LogP contribution is -2.15. The van der Waals surface area contributed by atoms with E-state index >= 15 is 0 Å². The highest BCUT2D eigenvalue weighted by molar-refractivity contribution is 7.99. The molecule has 0 aliphatic heterocycles. The van der Waals surface area contributed by atoms with Gasteiger partial charge in [0.15, 0.2) is 22.2 Å². The second-order valence-corrected chi connectivity index (χ2v) is 10.0. The number of aromatic nitrogens is 4. The Balaban J connectivity index is 1.43. The maximum absolute atomic E-state index is 12.5. The van der Waals surface area contributed by atoms with Gasteiger partial charge < -0.3 is 10.1 Å². The van der Waals surface area contributed by atoms with E-state index in [1.807, 2.05) is 61.7 Å². The molecule has 1 amide bonds. The quantitative estimate of drug-likeness (QED) is 0.211. The van der Waals surface area contributed by atoms with Crippen LogP contribution in [0.4, 0.5) is 5.13 Å². The van der Waals surface area contributed by atoms with Crippen LogP contribution in [0.2, 0.25) is 5.02 Å². The number of thioether (sulfide) groups is 1. The second-order valence-electron chi connectivity index (χ2n) is 7.69. The molecule has 2 aromatic heterocycles. The van der Waals surface area contributed by atoms with Crippen molar-refractivity contribution in [3.05, 3.63) is 71.0 Å². The van der Waals surface area contributed by atoms with Crippen LogP contribution >= 0.6 is 34.7 Å². The second kappa shape index (κ2) is 10.6. The predicted molar refractivity (Wildman–Crippen MR) is 139 cm³/mol. The van der Waals surface area contributed by atoms with Crippen LogP contribution in [0.3, 0.4) is 0 Å². The molecule has 4 rings (SSSR count). The molecule has 0 saturated carbocycles. The van der Waals surface area contributed by atoms with Gasteiger partial charge in [0.25, 0.3) is 0 Å². The van der Waals surface area contributed by atoms with Crippen molar-refractivity contribution in [1.29, 1.82) is 0 Å². The molecule has 0 fully saturated rings. The number of fused-ring (bicyclic) bond motifs is 1. The summed E-state index contributed by atoms with van der Waals surface area (Å²) < 4.78 is 9.07. The minimum Gasteiger partial charge on any atom is -0.483 e. The fourth-order valence-corrected chi connectivity index (χ4v) is 5.20. The van der Waals surface area contributed by atoms with Crippen LogP contribution in [0.1, 0.15) is 30.0 Å². The third-order valence-corrected chi connectivity index (χ3v) is 7.53. The number of hydrogen-bond acceptors (Lipinski definition) is 7. The lowest BCUT2D eigenvalue weighted by molar-refractivity contribution is -0.113. The molecule has 0 spiro atoms. The smallest absolute Gasteiger partial charge is 0.236 e. The van der Waals surface area contributed by atoms with E-state index in [2.05, 4.69) is 27.1 Å². The first-order valence-electron chi connectivity index (χ1n) is 10.6. The van der Waals surface area contributed by atoms with Gasteiger partial charge in [0, 0.05) is 11.6 Å². The molecule has 176 valence electrons. The number of allylic oxidation sites excluding steroid dienone is 1. The Kier molecular flexibility index (Phi) is 7.55. The highest BCUT2D eigenvalue weighted by Crippen LogP contribution is 2.30. The third kappa shape index (κ3) is 5.43. The highest BCUT2D eigenvalue weighted by Gasteiger charge is 2.20. The maximum Gasteiger partial charge on any atom is 0.236 e. The standard InChI is InChI=1S/C24H24ClN5O2S2/c1-5-10-30-22(16(4)32-17-11-14(2)21(25)15(3)12-17)28-29-24(30)33-13-20(31)27-23-26-18-8-6-7-9-19(18)34-23/h5-9,11-12,16H,1,10,13H2,2-4H3,(H,26,27,31). The lowest BCUT2D eigenvalue weighted by Gasteiger charge is -2.17. The predicted octanol–water partition coefficient (Wildman–Crippen LogP) is 6.21. The molecule has 2 heterocycles. The highest BCUT2D eigenvalue weighted by atomic mass is 35.5. The van der Waals surface area contributed by atoms with Gasteiger partial charge in [-0.2, -0.15) is 0 Å². The van der Waals surface area contributed by atoms with Crippen molar-refractivity contribution < 1.29 is 9.53 Å². The number of benzene rings is 2. The molecule has 34 heavy (non-hydrogen) atoms. The number of carbonyl (C=O) groups is 1. The minimum atomic E-state index is -0.363. The Bertz CT molecular complexity index is 1290. The number of thiazole rings is 1. The average molecular weight is 514 g/mol. The van der Waals surface area contributed by atoms with Crippen molar-refractivity contribution in [2.45, 2.75) is 38.6 Å². The monoisotopic (exact) mass is 513 g/mol. The van der Waals surface area contributed by atoms with E-state index in [1.54, 1.807) is 6.08 Å². The number of ether oxygens (including phenoxy) is 1. The number of halogens is 1. The molecule has 7 nitrogen and oxygen atoms in total. The summed E-state index contributed by atoms with van der Waals surface area (Å²) in [7, 11) is 0. The van der Waals surface area contributed by atoms with Crippen LogP contribution in [0.5, 0.6) is 5.75 Å². The zero-order chi connectivity index (χ0) is 24.2. The van der Waals surface area contributed by atoms with Gasteiger partial charge in [-0.05, 0) is 56.2 Å². The van der Waals surface area contributed by atoms with Crippen molar-refractivity contribution in [3.8, 4) is 5.75 Å². The van der Waals surface area contributed by atoms with Crippen LogP contribution < -0.4 is 10.1 Å². The normalized spacial score (nSPS) is 12.0. The summed E-state index contributed by atoms with van der Waals surface area (Å²) in [5.74, 6) is 1.38. The molecule has 4 aromatic rings. The van der Waals surface area contributed by atoms with E-state index < -0.39 is 0 Å². The van der Waals surface area contributed by atoms with E-state index in [4.69, 9.17) is 16.3 Å².